The van der Waals surface area contributed by atoms with Crippen molar-refractivity contribution in [2.45, 2.75) is 23.7 Å². The van der Waals surface area contributed by atoms with E-state index in [9.17, 15) is 9.59 Å². The number of carbonyl (C=O) groups excluding carboxylic acids is 2. The van der Waals surface area contributed by atoms with Gasteiger partial charge in [-0.2, -0.15) is 0 Å². The third kappa shape index (κ3) is 3.32. The van der Waals surface area contributed by atoms with Crippen LogP contribution in [0.5, 0.6) is 0 Å². The van der Waals surface area contributed by atoms with Crippen LogP contribution < -0.4 is 10.2 Å². The Balaban J connectivity index is 1.55. The lowest BCUT2D eigenvalue weighted by atomic mass is 10.2. The van der Waals surface area contributed by atoms with Gasteiger partial charge in [-0.15, -0.1) is 11.3 Å². The third-order valence-corrected chi connectivity index (χ3v) is 6.39. The van der Waals surface area contributed by atoms with Gasteiger partial charge in [0.25, 0.3) is 0 Å². The molecule has 0 unspecified atom stereocenters. The summed E-state index contributed by atoms with van der Waals surface area (Å²) < 4.78 is 2.00. The molecule has 0 bridgehead atoms. The van der Waals surface area contributed by atoms with Gasteiger partial charge in [-0.3, -0.25) is 9.59 Å². The molecule has 0 aliphatic carbocycles. The first-order valence-electron chi connectivity index (χ1n) is 8.31. The molecule has 0 fully saturated rings. The van der Waals surface area contributed by atoms with E-state index < -0.39 is 0 Å². The molecule has 0 spiro atoms. The number of rotatable bonds is 3. The molecule has 26 heavy (non-hydrogen) atoms. The second kappa shape index (κ2) is 7.09. The Morgan fingerprint density at radius 1 is 1.27 bits per heavy atom. The molecule has 2 amide bonds. The van der Waals surface area contributed by atoms with E-state index in [1.807, 2.05) is 55.5 Å². The van der Waals surface area contributed by atoms with Crippen LogP contribution in [0.1, 0.15) is 13.3 Å². The van der Waals surface area contributed by atoms with Crippen LogP contribution in [0.2, 0.25) is 0 Å². The van der Waals surface area contributed by atoms with E-state index in [-0.39, 0.29) is 30.0 Å². The number of aromatic nitrogens is 1. The topological polar surface area (TPSA) is 62.3 Å². The van der Waals surface area contributed by atoms with Crippen LogP contribution in [0, 0.1) is 0 Å². The first-order valence-corrected chi connectivity index (χ1v) is 10.1. The highest BCUT2D eigenvalue weighted by Gasteiger charge is 2.29. The van der Waals surface area contributed by atoms with E-state index in [0.717, 1.165) is 20.2 Å². The zero-order valence-corrected chi connectivity index (χ0v) is 15.8. The van der Waals surface area contributed by atoms with Gasteiger partial charge < -0.3 is 10.2 Å². The maximum absolute atomic E-state index is 13.0. The van der Waals surface area contributed by atoms with Crippen LogP contribution in [-0.4, -0.2) is 28.6 Å². The monoisotopic (exact) mass is 383 g/mol. The molecule has 3 aromatic rings. The molecule has 4 rings (SSSR count). The first-order chi connectivity index (χ1) is 12.6. The quantitative estimate of drug-likeness (QED) is 0.690. The molecular weight excluding hydrogens is 366 g/mol. The number of thioether (sulfide) groups is 1. The third-order valence-electron chi connectivity index (χ3n) is 4.22. The Labute approximate surface area is 159 Å². The molecule has 0 saturated carbocycles. The van der Waals surface area contributed by atoms with E-state index in [1.54, 1.807) is 16.2 Å². The van der Waals surface area contributed by atoms with E-state index in [2.05, 4.69) is 10.3 Å². The summed E-state index contributed by atoms with van der Waals surface area (Å²) in [5.41, 5.74) is 2.39. The zero-order chi connectivity index (χ0) is 18.1. The average Bonchev–Trinajstić information content (AvgIpc) is 2.98. The van der Waals surface area contributed by atoms with Gasteiger partial charge in [0.05, 0.1) is 27.3 Å². The lowest BCUT2D eigenvalue weighted by molar-refractivity contribution is -0.117. The summed E-state index contributed by atoms with van der Waals surface area (Å²) in [6.45, 7) is 1.90. The number of hydrogen-bond donors (Lipinski definition) is 1. The van der Waals surface area contributed by atoms with Crippen LogP contribution in [-0.2, 0) is 9.59 Å². The Morgan fingerprint density at radius 3 is 2.88 bits per heavy atom. The van der Waals surface area contributed by atoms with Crippen molar-refractivity contribution in [3.63, 3.8) is 0 Å². The summed E-state index contributed by atoms with van der Waals surface area (Å²) in [7, 11) is 0. The van der Waals surface area contributed by atoms with Crippen molar-refractivity contribution < 1.29 is 9.59 Å². The van der Waals surface area contributed by atoms with Crippen molar-refractivity contribution in [2.24, 2.45) is 0 Å². The number of nitrogens with zero attached hydrogens (tertiary/aromatic N) is 2. The van der Waals surface area contributed by atoms with E-state index in [1.165, 1.54) is 11.8 Å². The van der Waals surface area contributed by atoms with Gasteiger partial charge in [-0.1, -0.05) is 36.0 Å². The van der Waals surface area contributed by atoms with Crippen molar-refractivity contribution in [3.8, 4) is 0 Å². The number of carbonyl (C=O) groups is 2. The molecular formula is C19H17N3O2S2. The summed E-state index contributed by atoms with van der Waals surface area (Å²) in [5.74, 6) is 0.192. The lowest BCUT2D eigenvalue weighted by Crippen LogP contribution is -2.40. The SMILES string of the molecule is C[C@H]1CC(=O)Nc2ccccc2N1C(=O)CSc1nc2ccccc2s1. The van der Waals surface area contributed by atoms with Gasteiger partial charge in [0.1, 0.15) is 0 Å². The summed E-state index contributed by atoms with van der Waals surface area (Å²) >= 11 is 3.03. The molecule has 1 aromatic heterocycles. The molecule has 5 nitrogen and oxygen atoms in total. The summed E-state index contributed by atoms with van der Waals surface area (Å²) in [6.07, 6.45) is 0.284. The summed E-state index contributed by atoms with van der Waals surface area (Å²) in [5, 5.41) is 2.88. The Hall–Kier alpha value is -2.38. The number of benzene rings is 2. The molecule has 1 aliphatic heterocycles. The fourth-order valence-corrected chi connectivity index (χ4v) is 5.00. The minimum Gasteiger partial charge on any atom is -0.324 e. The zero-order valence-electron chi connectivity index (χ0n) is 14.1. The minimum absolute atomic E-state index is 0.0225. The van der Waals surface area contributed by atoms with Crippen molar-refractivity contribution in [2.75, 3.05) is 16.0 Å². The van der Waals surface area contributed by atoms with Crippen LogP contribution >= 0.6 is 23.1 Å². The number of thiazole rings is 1. The Kier molecular flexibility index (Phi) is 4.65. The van der Waals surface area contributed by atoms with Gasteiger partial charge in [0, 0.05) is 12.5 Å². The lowest BCUT2D eigenvalue weighted by Gasteiger charge is -2.27. The molecule has 7 heteroatoms. The highest BCUT2D eigenvalue weighted by molar-refractivity contribution is 8.01. The fraction of sp³-hybridized carbons (Fsp3) is 0.211. The Bertz CT molecular complexity index is 953. The van der Waals surface area contributed by atoms with Crippen molar-refractivity contribution >= 4 is 56.5 Å². The molecule has 2 aromatic carbocycles. The second-order valence-electron chi connectivity index (χ2n) is 6.12. The maximum Gasteiger partial charge on any atom is 0.237 e. The van der Waals surface area contributed by atoms with Gasteiger partial charge in [-0.05, 0) is 31.2 Å². The minimum atomic E-state index is -0.192. The van der Waals surface area contributed by atoms with Gasteiger partial charge in [0.15, 0.2) is 4.34 Å². The van der Waals surface area contributed by atoms with Crippen molar-refractivity contribution in [1.82, 2.24) is 4.98 Å². The van der Waals surface area contributed by atoms with Gasteiger partial charge >= 0.3 is 0 Å². The molecule has 1 N–H and O–H groups in total. The number of anilines is 2. The Morgan fingerprint density at radius 2 is 2.04 bits per heavy atom. The number of fused-ring (bicyclic) bond motifs is 2. The molecule has 0 radical (unpaired) electrons. The van der Waals surface area contributed by atoms with Gasteiger partial charge in [-0.25, -0.2) is 4.98 Å². The summed E-state index contributed by atoms with van der Waals surface area (Å²) in [6, 6.07) is 15.2. The molecule has 1 aliphatic rings. The highest BCUT2D eigenvalue weighted by Crippen LogP contribution is 2.33. The van der Waals surface area contributed by atoms with Crippen molar-refractivity contribution in [3.05, 3.63) is 48.5 Å². The van der Waals surface area contributed by atoms with E-state index in [4.69, 9.17) is 0 Å². The standard InChI is InChI=1S/C19H17N3O2S2/c1-12-10-17(23)20-13-6-2-4-8-15(13)22(12)18(24)11-25-19-21-14-7-3-5-9-16(14)26-19/h2-9,12H,10-11H2,1H3,(H,20,23)/t12-/m0/s1. The van der Waals surface area contributed by atoms with Crippen LogP contribution in [0.25, 0.3) is 10.2 Å². The van der Waals surface area contributed by atoms with E-state index >= 15 is 0 Å². The van der Waals surface area contributed by atoms with Crippen molar-refractivity contribution in [1.29, 1.82) is 0 Å². The smallest absolute Gasteiger partial charge is 0.237 e. The molecule has 132 valence electrons. The van der Waals surface area contributed by atoms with Crippen LogP contribution in [0.4, 0.5) is 11.4 Å². The number of amides is 2. The highest BCUT2D eigenvalue weighted by atomic mass is 32.2. The second-order valence-corrected chi connectivity index (χ2v) is 8.37. The molecule has 0 saturated heterocycles. The normalized spacial score (nSPS) is 16.9. The van der Waals surface area contributed by atoms with Gasteiger partial charge in [0.2, 0.25) is 11.8 Å². The fourth-order valence-electron chi connectivity index (χ4n) is 3.07. The predicted octanol–water partition coefficient (Wildman–Crippen LogP) is 4.15. The first kappa shape index (κ1) is 17.1. The molecule has 2 heterocycles. The average molecular weight is 383 g/mol. The van der Waals surface area contributed by atoms with Crippen LogP contribution in [0.15, 0.2) is 52.9 Å². The van der Waals surface area contributed by atoms with E-state index in [0.29, 0.717) is 5.69 Å². The maximum atomic E-state index is 13.0. The van der Waals surface area contributed by atoms with Crippen LogP contribution in [0.3, 0.4) is 0 Å². The number of hydrogen-bond acceptors (Lipinski definition) is 5. The summed E-state index contributed by atoms with van der Waals surface area (Å²) in [4.78, 5) is 31.3. The largest absolute Gasteiger partial charge is 0.324 e. The molecule has 1 atom stereocenters. The predicted molar refractivity (Wildman–Crippen MR) is 107 cm³/mol. The number of para-hydroxylation sites is 3. The number of nitrogens with one attached hydrogen (secondary N) is 1.